The van der Waals surface area contributed by atoms with Crippen LogP contribution in [-0.2, 0) is 16.1 Å². The van der Waals surface area contributed by atoms with Crippen molar-refractivity contribution in [1.82, 2.24) is 9.78 Å². The molecule has 1 aliphatic carbocycles. The molecule has 2 unspecified atom stereocenters. The molecule has 1 saturated carbocycles. The fourth-order valence-electron chi connectivity index (χ4n) is 3.21. The maximum Gasteiger partial charge on any atom is 0.326 e. The zero-order chi connectivity index (χ0) is 15.6. The third kappa shape index (κ3) is 3.09. The molecule has 2 rings (SSSR count). The molecule has 1 aliphatic rings. The molecule has 2 N–H and O–H groups in total. The average Bonchev–Trinajstić information content (AvgIpc) is 2.94. The van der Waals surface area contributed by atoms with Crippen molar-refractivity contribution >= 4 is 17.6 Å². The number of nitrogens with zero attached hydrogens (tertiary/aromatic N) is 2. The van der Waals surface area contributed by atoms with Crippen molar-refractivity contribution in [3.63, 3.8) is 0 Å². The van der Waals surface area contributed by atoms with Gasteiger partial charge < -0.3 is 10.5 Å². The van der Waals surface area contributed by atoms with Crippen molar-refractivity contribution in [2.24, 2.45) is 11.7 Å². The molecular weight excluding hydrogens is 290 g/mol. The second kappa shape index (κ2) is 6.36. The van der Waals surface area contributed by atoms with Crippen molar-refractivity contribution in [3.05, 3.63) is 16.4 Å². The first kappa shape index (κ1) is 16.3. The average molecular weight is 314 g/mol. The van der Waals surface area contributed by atoms with E-state index in [0.717, 1.165) is 37.2 Å². The molecule has 21 heavy (non-hydrogen) atoms. The Morgan fingerprint density at radius 3 is 2.86 bits per heavy atom. The van der Waals surface area contributed by atoms with Crippen molar-refractivity contribution in [2.75, 3.05) is 6.61 Å². The first-order valence-electron chi connectivity index (χ1n) is 7.55. The van der Waals surface area contributed by atoms with Crippen molar-refractivity contribution in [2.45, 2.75) is 58.5 Å². The number of rotatable bonds is 5. The van der Waals surface area contributed by atoms with Crippen LogP contribution in [0.1, 0.15) is 44.0 Å². The van der Waals surface area contributed by atoms with Crippen LogP contribution in [0.5, 0.6) is 0 Å². The fraction of sp³-hybridized carbons (Fsp3) is 0.733. The number of hydrogen-bond donors (Lipinski definition) is 1. The normalized spacial score (nSPS) is 25.3. The van der Waals surface area contributed by atoms with E-state index in [4.69, 9.17) is 22.1 Å². The molecule has 1 aromatic rings. The van der Waals surface area contributed by atoms with E-state index in [9.17, 15) is 4.79 Å². The second-order valence-corrected chi connectivity index (χ2v) is 6.22. The maximum atomic E-state index is 12.1. The highest BCUT2D eigenvalue weighted by Crippen LogP contribution is 2.37. The van der Waals surface area contributed by atoms with E-state index in [0.29, 0.717) is 18.1 Å². The van der Waals surface area contributed by atoms with Gasteiger partial charge in [-0.2, -0.15) is 5.10 Å². The monoisotopic (exact) mass is 313 g/mol. The van der Waals surface area contributed by atoms with Crippen LogP contribution < -0.4 is 5.73 Å². The van der Waals surface area contributed by atoms with Gasteiger partial charge in [0.05, 0.1) is 23.0 Å². The van der Waals surface area contributed by atoms with Gasteiger partial charge in [0.25, 0.3) is 0 Å². The van der Waals surface area contributed by atoms with E-state index in [-0.39, 0.29) is 11.9 Å². The largest absolute Gasteiger partial charge is 0.465 e. The number of hydrogen-bond acceptors (Lipinski definition) is 4. The highest BCUT2D eigenvalue weighted by molar-refractivity contribution is 6.31. The number of halogens is 1. The summed E-state index contributed by atoms with van der Waals surface area (Å²) in [6.45, 7) is 6.76. The van der Waals surface area contributed by atoms with E-state index in [1.165, 1.54) is 0 Å². The summed E-state index contributed by atoms with van der Waals surface area (Å²) in [5.74, 6) is -0.127. The Balaban J connectivity index is 2.05. The van der Waals surface area contributed by atoms with Crippen LogP contribution in [-0.4, -0.2) is 27.9 Å². The Morgan fingerprint density at radius 2 is 2.29 bits per heavy atom. The lowest BCUT2D eigenvalue weighted by molar-refractivity contribution is -0.151. The molecule has 1 aromatic heterocycles. The van der Waals surface area contributed by atoms with E-state index in [2.05, 4.69) is 5.10 Å². The SMILES string of the molecule is CCOC(=O)C1(N)CCCC1CCn1nc(C)c(Cl)c1C. The predicted octanol–water partition coefficient (Wildman–Crippen LogP) is 2.60. The van der Waals surface area contributed by atoms with Crippen LogP contribution >= 0.6 is 11.6 Å². The number of ether oxygens (including phenoxy) is 1. The Bertz CT molecular complexity index is 529. The Hall–Kier alpha value is -1.07. The van der Waals surface area contributed by atoms with Crippen LogP contribution in [0.15, 0.2) is 0 Å². The molecule has 1 heterocycles. The van der Waals surface area contributed by atoms with Gasteiger partial charge in [-0.25, -0.2) is 0 Å². The van der Waals surface area contributed by atoms with Crippen LogP contribution in [0.2, 0.25) is 5.02 Å². The molecule has 118 valence electrons. The van der Waals surface area contributed by atoms with Crippen molar-refractivity contribution < 1.29 is 9.53 Å². The van der Waals surface area contributed by atoms with Gasteiger partial charge in [0.2, 0.25) is 0 Å². The summed E-state index contributed by atoms with van der Waals surface area (Å²) < 4.78 is 7.05. The van der Waals surface area contributed by atoms with Crippen LogP contribution in [0, 0.1) is 19.8 Å². The Kier molecular flexibility index (Phi) is 4.94. The molecule has 0 saturated heterocycles. The summed E-state index contributed by atoms with van der Waals surface area (Å²) in [5.41, 5.74) is 7.30. The zero-order valence-electron chi connectivity index (χ0n) is 13.0. The van der Waals surface area contributed by atoms with Gasteiger partial charge in [-0.3, -0.25) is 9.48 Å². The van der Waals surface area contributed by atoms with Gasteiger partial charge in [-0.1, -0.05) is 18.0 Å². The summed E-state index contributed by atoms with van der Waals surface area (Å²) in [6, 6.07) is 0. The molecule has 0 bridgehead atoms. The van der Waals surface area contributed by atoms with E-state index in [1.54, 1.807) is 0 Å². The van der Waals surface area contributed by atoms with Crippen LogP contribution in [0.3, 0.4) is 0 Å². The predicted molar refractivity (Wildman–Crippen MR) is 82.2 cm³/mol. The minimum atomic E-state index is -0.837. The minimum absolute atomic E-state index is 0.138. The minimum Gasteiger partial charge on any atom is -0.465 e. The molecule has 0 aliphatic heterocycles. The standard InChI is InChI=1S/C15H24ClN3O2/c1-4-21-14(20)15(17)8-5-6-12(15)7-9-19-11(3)13(16)10(2)18-19/h12H,4-9,17H2,1-3H3. The first-order chi connectivity index (χ1) is 9.90. The lowest BCUT2D eigenvalue weighted by atomic mass is 9.85. The van der Waals surface area contributed by atoms with Crippen molar-refractivity contribution in [1.29, 1.82) is 0 Å². The maximum absolute atomic E-state index is 12.1. The highest BCUT2D eigenvalue weighted by atomic mass is 35.5. The number of carbonyl (C=O) groups excluding carboxylic acids is 1. The molecule has 0 radical (unpaired) electrons. The van der Waals surface area contributed by atoms with Gasteiger partial charge in [0.15, 0.2) is 0 Å². The molecule has 5 nitrogen and oxygen atoms in total. The Labute approximate surface area is 130 Å². The van der Waals surface area contributed by atoms with Crippen LogP contribution in [0.25, 0.3) is 0 Å². The third-order valence-electron chi connectivity index (χ3n) is 4.51. The van der Waals surface area contributed by atoms with E-state index >= 15 is 0 Å². The topological polar surface area (TPSA) is 70.1 Å². The number of aromatic nitrogens is 2. The molecule has 0 aromatic carbocycles. The van der Waals surface area contributed by atoms with E-state index < -0.39 is 5.54 Å². The molecule has 0 spiro atoms. The van der Waals surface area contributed by atoms with Gasteiger partial charge in [-0.15, -0.1) is 0 Å². The van der Waals surface area contributed by atoms with Gasteiger partial charge in [0, 0.05) is 6.54 Å². The van der Waals surface area contributed by atoms with Crippen molar-refractivity contribution in [3.8, 4) is 0 Å². The zero-order valence-corrected chi connectivity index (χ0v) is 13.7. The fourth-order valence-corrected chi connectivity index (χ4v) is 3.35. The smallest absolute Gasteiger partial charge is 0.326 e. The van der Waals surface area contributed by atoms with Crippen LogP contribution in [0.4, 0.5) is 0 Å². The third-order valence-corrected chi connectivity index (χ3v) is 5.06. The van der Waals surface area contributed by atoms with Gasteiger partial charge in [-0.05, 0) is 46.0 Å². The van der Waals surface area contributed by atoms with E-state index in [1.807, 2.05) is 25.5 Å². The quantitative estimate of drug-likeness (QED) is 0.848. The lowest BCUT2D eigenvalue weighted by Crippen LogP contribution is -2.52. The number of carbonyl (C=O) groups is 1. The summed E-state index contributed by atoms with van der Waals surface area (Å²) in [5, 5.41) is 5.14. The summed E-state index contributed by atoms with van der Waals surface area (Å²) in [4.78, 5) is 12.1. The molecule has 0 amide bonds. The molecular formula is C15H24ClN3O2. The lowest BCUT2D eigenvalue weighted by Gasteiger charge is -2.29. The summed E-state index contributed by atoms with van der Waals surface area (Å²) in [6.07, 6.45) is 3.45. The first-order valence-corrected chi connectivity index (χ1v) is 7.93. The second-order valence-electron chi connectivity index (χ2n) is 5.85. The number of nitrogens with two attached hydrogens (primary N) is 1. The highest BCUT2D eigenvalue weighted by Gasteiger charge is 2.46. The molecule has 1 fully saturated rings. The summed E-state index contributed by atoms with van der Waals surface area (Å²) >= 11 is 6.16. The summed E-state index contributed by atoms with van der Waals surface area (Å²) in [7, 11) is 0. The molecule has 6 heteroatoms. The Morgan fingerprint density at radius 1 is 1.57 bits per heavy atom. The number of aryl methyl sites for hydroxylation is 2. The van der Waals surface area contributed by atoms with Gasteiger partial charge >= 0.3 is 5.97 Å². The molecule has 2 atom stereocenters. The number of esters is 1. The van der Waals surface area contributed by atoms with Gasteiger partial charge in [0.1, 0.15) is 5.54 Å².